The molecule has 3 aromatic rings. The van der Waals surface area contributed by atoms with Crippen LogP contribution >= 0.6 is 22.9 Å². The molecule has 1 heterocycles. The number of carbonyl (C=O) groups is 2. The lowest BCUT2D eigenvalue weighted by Crippen LogP contribution is -2.43. The molecule has 0 radical (unpaired) electrons. The van der Waals surface area contributed by atoms with Gasteiger partial charge in [0, 0.05) is 40.5 Å². The van der Waals surface area contributed by atoms with Gasteiger partial charge in [-0.3, -0.25) is 9.59 Å². The summed E-state index contributed by atoms with van der Waals surface area (Å²) in [5.74, 6) is -0.806. The first kappa shape index (κ1) is 24.9. The first-order valence-corrected chi connectivity index (χ1v) is 11.7. The number of carbonyl (C=O) groups excluding carboxylic acids is 2. The minimum atomic E-state index is -0.329. The van der Waals surface area contributed by atoms with E-state index in [4.69, 9.17) is 16.3 Å². The number of nitrogens with zero attached hydrogens (tertiary/aromatic N) is 2. The zero-order valence-electron chi connectivity index (χ0n) is 18.6. The zero-order chi connectivity index (χ0) is 23.8. The second kappa shape index (κ2) is 11.9. The van der Waals surface area contributed by atoms with E-state index in [1.54, 1.807) is 59.7 Å². The molecule has 0 aliphatic heterocycles. The van der Waals surface area contributed by atoms with Gasteiger partial charge < -0.3 is 14.5 Å². The number of hydrogen-bond acceptors (Lipinski definition) is 4. The number of methoxy groups -OCH3 is 1. The van der Waals surface area contributed by atoms with Crippen LogP contribution in [0.2, 0.25) is 5.02 Å². The van der Waals surface area contributed by atoms with Gasteiger partial charge in [-0.15, -0.1) is 11.3 Å². The molecule has 0 aliphatic rings. The van der Waals surface area contributed by atoms with Gasteiger partial charge in [0.25, 0.3) is 5.91 Å². The fourth-order valence-corrected chi connectivity index (χ4v) is 4.32. The lowest BCUT2D eigenvalue weighted by Gasteiger charge is -2.27. The molecule has 174 valence electrons. The van der Waals surface area contributed by atoms with Crippen molar-refractivity contribution in [1.82, 2.24) is 9.80 Å². The maximum atomic E-state index is 13.4. The first-order chi connectivity index (χ1) is 15.9. The summed E-state index contributed by atoms with van der Waals surface area (Å²) < 4.78 is 18.5. The molecule has 0 unspecified atom stereocenters. The average Bonchev–Trinajstić information content (AvgIpc) is 3.22. The Hall–Kier alpha value is -2.74. The molecule has 1 aromatic heterocycles. The molecule has 0 N–H and O–H groups in total. The van der Waals surface area contributed by atoms with Gasteiger partial charge in [-0.1, -0.05) is 23.7 Å². The Morgan fingerprint density at radius 3 is 2.27 bits per heavy atom. The van der Waals surface area contributed by atoms with Crippen LogP contribution in [-0.2, 0) is 22.6 Å². The lowest BCUT2D eigenvalue weighted by molar-refractivity contribution is -0.133. The molecule has 0 bridgehead atoms. The van der Waals surface area contributed by atoms with Gasteiger partial charge >= 0.3 is 0 Å². The fourth-order valence-electron chi connectivity index (χ4n) is 3.29. The van der Waals surface area contributed by atoms with Crippen LogP contribution < -0.4 is 0 Å². The van der Waals surface area contributed by atoms with Gasteiger partial charge in [0.1, 0.15) is 12.4 Å². The number of benzene rings is 2. The van der Waals surface area contributed by atoms with E-state index in [9.17, 15) is 14.0 Å². The maximum absolute atomic E-state index is 13.4. The van der Waals surface area contributed by atoms with E-state index in [1.165, 1.54) is 17.0 Å². The van der Waals surface area contributed by atoms with Crippen molar-refractivity contribution in [2.75, 3.05) is 26.8 Å². The highest BCUT2D eigenvalue weighted by molar-refractivity contribution is 7.11. The van der Waals surface area contributed by atoms with Crippen LogP contribution in [0.25, 0.3) is 0 Å². The highest BCUT2D eigenvalue weighted by atomic mass is 35.5. The molecule has 5 nitrogen and oxygen atoms in total. The smallest absolute Gasteiger partial charge is 0.254 e. The highest BCUT2D eigenvalue weighted by Gasteiger charge is 2.23. The van der Waals surface area contributed by atoms with Gasteiger partial charge in [0.15, 0.2) is 0 Å². The summed E-state index contributed by atoms with van der Waals surface area (Å²) in [6.45, 7) is 3.19. The van der Waals surface area contributed by atoms with Crippen molar-refractivity contribution in [3.63, 3.8) is 0 Å². The van der Waals surface area contributed by atoms with Crippen molar-refractivity contribution in [1.29, 1.82) is 0 Å². The Balaban J connectivity index is 1.80. The van der Waals surface area contributed by atoms with Gasteiger partial charge in [-0.05, 0) is 61.0 Å². The van der Waals surface area contributed by atoms with E-state index in [0.717, 1.165) is 15.3 Å². The van der Waals surface area contributed by atoms with E-state index >= 15 is 0 Å². The second-order valence-electron chi connectivity index (χ2n) is 7.62. The van der Waals surface area contributed by atoms with Crippen molar-refractivity contribution in [2.24, 2.45) is 0 Å². The predicted molar refractivity (Wildman–Crippen MR) is 129 cm³/mol. The third-order valence-corrected chi connectivity index (χ3v) is 6.29. The van der Waals surface area contributed by atoms with Crippen molar-refractivity contribution in [2.45, 2.75) is 20.0 Å². The zero-order valence-corrected chi connectivity index (χ0v) is 20.2. The molecule has 2 aromatic carbocycles. The minimum Gasteiger partial charge on any atom is -0.383 e. The molecular weight excluding hydrogens is 463 g/mol. The third-order valence-electron chi connectivity index (χ3n) is 5.05. The van der Waals surface area contributed by atoms with Crippen LogP contribution in [0.3, 0.4) is 0 Å². The topological polar surface area (TPSA) is 49.9 Å². The number of rotatable bonds is 10. The Morgan fingerprint density at radius 2 is 1.67 bits per heavy atom. The predicted octanol–water partition coefficient (Wildman–Crippen LogP) is 5.17. The summed E-state index contributed by atoms with van der Waals surface area (Å²) in [4.78, 5) is 31.8. The van der Waals surface area contributed by atoms with Crippen LogP contribution in [0.1, 0.15) is 25.7 Å². The minimum absolute atomic E-state index is 0.101. The number of halogens is 2. The Bertz CT molecular complexity index is 1070. The molecule has 0 aliphatic carbocycles. The summed E-state index contributed by atoms with van der Waals surface area (Å²) >= 11 is 7.56. The SMILES string of the molecule is COCCN(CC(=O)N(Cc1ccc(F)cc1)Cc1ccc(C)s1)C(=O)c1ccc(Cl)cc1. The maximum Gasteiger partial charge on any atom is 0.254 e. The Labute approximate surface area is 202 Å². The summed E-state index contributed by atoms with van der Waals surface area (Å²) in [5, 5.41) is 0.530. The van der Waals surface area contributed by atoms with Crippen molar-refractivity contribution in [3.05, 3.63) is 92.4 Å². The largest absolute Gasteiger partial charge is 0.383 e. The normalized spacial score (nSPS) is 10.8. The lowest BCUT2D eigenvalue weighted by atomic mass is 10.2. The number of aryl methyl sites for hydroxylation is 1. The summed E-state index contributed by atoms with van der Waals surface area (Å²) in [7, 11) is 1.55. The van der Waals surface area contributed by atoms with Crippen LogP contribution in [-0.4, -0.2) is 48.4 Å². The summed E-state index contributed by atoms with van der Waals surface area (Å²) in [6.07, 6.45) is 0. The van der Waals surface area contributed by atoms with E-state index < -0.39 is 0 Å². The van der Waals surface area contributed by atoms with Crippen molar-refractivity contribution in [3.8, 4) is 0 Å². The van der Waals surface area contributed by atoms with Crippen LogP contribution in [0, 0.1) is 12.7 Å². The highest BCUT2D eigenvalue weighted by Crippen LogP contribution is 2.19. The van der Waals surface area contributed by atoms with E-state index in [0.29, 0.717) is 30.3 Å². The second-order valence-corrected chi connectivity index (χ2v) is 9.42. The van der Waals surface area contributed by atoms with Crippen molar-refractivity contribution >= 4 is 34.8 Å². The molecule has 0 atom stereocenters. The van der Waals surface area contributed by atoms with Gasteiger partial charge in [-0.25, -0.2) is 4.39 Å². The van der Waals surface area contributed by atoms with Gasteiger partial charge in [-0.2, -0.15) is 0 Å². The number of amides is 2. The van der Waals surface area contributed by atoms with E-state index in [1.807, 2.05) is 19.1 Å². The first-order valence-electron chi connectivity index (χ1n) is 10.5. The molecule has 0 saturated carbocycles. The number of hydrogen-bond donors (Lipinski definition) is 0. The Morgan fingerprint density at radius 1 is 0.970 bits per heavy atom. The molecular formula is C25H26ClFN2O3S. The standard InChI is InChI=1S/C25H26ClFN2O3S/c1-18-3-12-23(33-18)16-29(15-19-4-10-22(27)11-5-19)24(30)17-28(13-14-32-2)25(31)20-6-8-21(26)9-7-20/h3-12H,13-17H2,1-2H3. The average molecular weight is 489 g/mol. The molecule has 33 heavy (non-hydrogen) atoms. The van der Waals surface area contributed by atoms with E-state index in [2.05, 4.69) is 0 Å². The molecule has 2 amide bonds. The number of thiophene rings is 1. The molecule has 0 spiro atoms. The van der Waals surface area contributed by atoms with Gasteiger partial charge in [0.05, 0.1) is 13.2 Å². The molecule has 8 heteroatoms. The quantitative estimate of drug-likeness (QED) is 0.396. The monoisotopic (exact) mass is 488 g/mol. The number of ether oxygens (including phenoxy) is 1. The van der Waals surface area contributed by atoms with Crippen LogP contribution in [0.5, 0.6) is 0 Å². The summed E-state index contributed by atoms with van der Waals surface area (Å²) in [6, 6.07) is 16.6. The summed E-state index contributed by atoms with van der Waals surface area (Å²) in [5.41, 5.74) is 1.26. The van der Waals surface area contributed by atoms with Crippen LogP contribution in [0.15, 0.2) is 60.7 Å². The van der Waals surface area contributed by atoms with Crippen molar-refractivity contribution < 1.29 is 18.7 Å². The van der Waals surface area contributed by atoms with Crippen LogP contribution in [0.4, 0.5) is 4.39 Å². The van der Waals surface area contributed by atoms with E-state index in [-0.39, 0.29) is 30.7 Å². The third kappa shape index (κ3) is 7.39. The van der Waals surface area contributed by atoms with Gasteiger partial charge in [0.2, 0.25) is 5.91 Å². The Kier molecular flexibility index (Phi) is 9.00. The molecule has 0 saturated heterocycles. The fraction of sp³-hybridized carbons (Fsp3) is 0.280. The molecule has 0 fully saturated rings. The molecule has 3 rings (SSSR count).